The SMILES string of the molecule is O=C(O)CCCCCCN1C(=O)CCC1/C=C/C(O)Cc1ccccc1. The molecule has 26 heavy (non-hydrogen) atoms. The van der Waals surface area contributed by atoms with Gasteiger partial charge in [0.15, 0.2) is 0 Å². The van der Waals surface area contributed by atoms with E-state index in [-0.39, 0.29) is 18.4 Å². The van der Waals surface area contributed by atoms with Crippen molar-refractivity contribution in [2.75, 3.05) is 6.54 Å². The standard InChI is InChI=1S/C21H29NO4/c23-19(16-17-8-4-3-5-9-17)13-11-18-12-14-20(24)22(18)15-7-2-1-6-10-21(25)26/h3-5,8-9,11,13,18-19,23H,1-2,6-7,10,12,14-16H2,(H,25,26)/b13-11+. The van der Waals surface area contributed by atoms with Gasteiger partial charge in [-0.25, -0.2) is 0 Å². The van der Waals surface area contributed by atoms with E-state index >= 15 is 0 Å². The Morgan fingerprint density at radius 3 is 2.65 bits per heavy atom. The van der Waals surface area contributed by atoms with Crippen LogP contribution in [0.5, 0.6) is 0 Å². The van der Waals surface area contributed by atoms with Gasteiger partial charge in [0.25, 0.3) is 0 Å². The summed E-state index contributed by atoms with van der Waals surface area (Å²) in [5.74, 6) is -0.582. The van der Waals surface area contributed by atoms with Crippen LogP contribution in [0.3, 0.4) is 0 Å². The zero-order chi connectivity index (χ0) is 18.8. The molecule has 0 aromatic heterocycles. The van der Waals surface area contributed by atoms with Crippen LogP contribution in [0.1, 0.15) is 50.5 Å². The van der Waals surface area contributed by atoms with Gasteiger partial charge in [-0.15, -0.1) is 0 Å². The molecule has 1 aliphatic rings. The van der Waals surface area contributed by atoms with Gasteiger partial charge in [0.05, 0.1) is 12.1 Å². The zero-order valence-corrected chi connectivity index (χ0v) is 15.2. The largest absolute Gasteiger partial charge is 0.481 e. The van der Waals surface area contributed by atoms with E-state index in [2.05, 4.69) is 0 Å². The summed E-state index contributed by atoms with van der Waals surface area (Å²) in [7, 11) is 0. The predicted octanol–water partition coefficient (Wildman–Crippen LogP) is 3.17. The molecule has 142 valence electrons. The Morgan fingerprint density at radius 2 is 1.92 bits per heavy atom. The highest BCUT2D eigenvalue weighted by Crippen LogP contribution is 2.21. The first kappa shape index (κ1) is 20.2. The number of hydrogen-bond acceptors (Lipinski definition) is 3. The summed E-state index contributed by atoms with van der Waals surface area (Å²) in [5.41, 5.74) is 1.09. The molecule has 0 spiro atoms. The summed E-state index contributed by atoms with van der Waals surface area (Å²) in [6.45, 7) is 0.704. The molecule has 2 N–H and O–H groups in total. The second-order valence-electron chi connectivity index (χ2n) is 6.89. The van der Waals surface area contributed by atoms with Crippen LogP contribution >= 0.6 is 0 Å². The molecular formula is C21H29NO4. The third-order valence-electron chi connectivity index (χ3n) is 4.76. The van der Waals surface area contributed by atoms with E-state index < -0.39 is 12.1 Å². The lowest BCUT2D eigenvalue weighted by Crippen LogP contribution is -2.32. The number of amides is 1. The van der Waals surface area contributed by atoms with Crippen molar-refractivity contribution < 1.29 is 19.8 Å². The van der Waals surface area contributed by atoms with Crippen LogP contribution in [-0.4, -0.2) is 45.7 Å². The van der Waals surface area contributed by atoms with E-state index in [1.807, 2.05) is 41.3 Å². The minimum Gasteiger partial charge on any atom is -0.481 e. The number of carboxylic acids is 1. The fraction of sp³-hybridized carbons (Fsp3) is 0.524. The summed E-state index contributed by atoms with van der Waals surface area (Å²) in [6.07, 6.45) is 8.75. The number of carbonyl (C=O) groups excluding carboxylic acids is 1. The maximum absolute atomic E-state index is 12.1. The molecule has 2 rings (SSSR count). The molecule has 1 saturated heterocycles. The molecule has 1 amide bonds. The monoisotopic (exact) mass is 359 g/mol. The molecule has 1 aliphatic heterocycles. The number of rotatable bonds is 11. The van der Waals surface area contributed by atoms with Crippen molar-refractivity contribution >= 4 is 11.9 Å². The Hall–Kier alpha value is -2.14. The summed E-state index contributed by atoms with van der Waals surface area (Å²) < 4.78 is 0. The van der Waals surface area contributed by atoms with Crippen molar-refractivity contribution in [3.05, 3.63) is 48.0 Å². The molecule has 0 saturated carbocycles. The maximum atomic E-state index is 12.1. The quantitative estimate of drug-likeness (QED) is 0.470. The van der Waals surface area contributed by atoms with Gasteiger partial charge in [0.2, 0.25) is 5.91 Å². The van der Waals surface area contributed by atoms with Crippen molar-refractivity contribution in [1.29, 1.82) is 0 Å². The number of aliphatic hydroxyl groups excluding tert-OH is 1. The number of hydrogen-bond donors (Lipinski definition) is 2. The van der Waals surface area contributed by atoms with Crippen molar-refractivity contribution in [2.45, 2.75) is 63.5 Å². The molecule has 2 atom stereocenters. The number of aliphatic hydroxyl groups is 1. The molecule has 2 unspecified atom stereocenters. The molecule has 1 aromatic carbocycles. The molecule has 5 nitrogen and oxygen atoms in total. The van der Waals surface area contributed by atoms with Crippen molar-refractivity contribution in [2.24, 2.45) is 0 Å². The average Bonchev–Trinajstić information content (AvgIpc) is 2.97. The highest BCUT2D eigenvalue weighted by atomic mass is 16.4. The molecule has 1 fully saturated rings. The smallest absolute Gasteiger partial charge is 0.303 e. The lowest BCUT2D eigenvalue weighted by atomic mass is 10.1. The van der Waals surface area contributed by atoms with E-state index in [4.69, 9.17) is 5.11 Å². The summed E-state index contributed by atoms with van der Waals surface area (Å²) >= 11 is 0. The van der Waals surface area contributed by atoms with E-state index in [1.54, 1.807) is 6.08 Å². The number of likely N-dealkylation sites (tertiary alicyclic amines) is 1. The first-order valence-electron chi connectivity index (χ1n) is 9.48. The van der Waals surface area contributed by atoms with Gasteiger partial charge in [0.1, 0.15) is 0 Å². The first-order valence-corrected chi connectivity index (χ1v) is 9.48. The fourth-order valence-electron chi connectivity index (χ4n) is 3.34. The van der Waals surface area contributed by atoms with Gasteiger partial charge in [-0.3, -0.25) is 9.59 Å². The fourth-order valence-corrected chi connectivity index (χ4v) is 3.34. The maximum Gasteiger partial charge on any atom is 0.303 e. The predicted molar refractivity (Wildman–Crippen MR) is 101 cm³/mol. The average molecular weight is 359 g/mol. The van der Waals surface area contributed by atoms with Gasteiger partial charge in [-0.2, -0.15) is 0 Å². The summed E-state index contributed by atoms with van der Waals surface area (Å²) in [6, 6.07) is 9.92. The van der Waals surface area contributed by atoms with E-state index in [0.717, 1.165) is 31.2 Å². The first-order chi connectivity index (χ1) is 12.6. The number of unbranched alkanes of at least 4 members (excludes halogenated alkanes) is 3. The van der Waals surface area contributed by atoms with Crippen LogP contribution in [0.25, 0.3) is 0 Å². The van der Waals surface area contributed by atoms with E-state index in [1.165, 1.54) is 0 Å². The van der Waals surface area contributed by atoms with Crippen molar-refractivity contribution in [3.63, 3.8) is 0 Å². The summed E-state index contributed by atoms with van der Waals surface area (Å²) in [4.78, 5) is 24.5. The number of benzene rings is 1. The lowest BCUT2D eigenvalue weighted by Gasteiger charge is -2.22. The molecule has 0 bridgehead atoms. The van der Waals surface area contributed by atoms with Crippen molar-refractivity contribution in [3.8, 4) is 0 Å². The topological polar surface area (TPSA) is 77.8 Å². The van der Waals surface area contributed by atoms with E-state index in [0.29, 0.717) is 25.8 Å². The normalized spacial score (nSPS) is 18.6. The third kappa shape index (κ3) is 7.00. The van der Waals surface area contributed by atoms with Crippen LogP contribution < -0.4 is 0 Å². The Kier molecular flexibility index (Phi) is 8.35. The van der Waals surface area contributed by atoms with Crippen LogP contribution in [-0.2, 0) is 16.0 Å². The van der Waals surface area contributed by atoms with Gasteiger partial charge in [-0.05, 0) is 24.8 Å². The Morgan fingerprint density at radius 1 is 1.19 bits per heavy atom. The second kappa shape index (κ2) is 10.8. The van der Waals surface area contributed by atoms with Crippen molar-refractivity contribution in [1.82, 2.24) is 4.90 Å². The van der Waals surface area contributed by atoms with Crippen LogP contribution in [0.2, 0.25) is 0 Å². The lowest BCUT2D eigenvalue weighted by molar-refractivity contribution is -0.137. The zero-order valence-electron chi connectivity index (χ0n) is 15.2. The van der Waals surface area contributed by atoms with Crippen LogP contribution in [0.4, 0.5) is 0 Å². The van der Waals surface area contributed by atoms with Gasteiger partial charge in [0, 0.05) is 25.8 Å². The number of carbonyl (C=O) groups is 2. The molecule has 1 heterocycles. The van der Waals surface area contributed by atoms with Gasteiger partial charge in [-0.1, -0.05) is 55.3 Å². The van der Waals surface area contributed by atoms with Gasteiger partial charge >= 0.3 is 5.97 Å². The number of aliphatic carboxylic acids is 1. The highest BCUT2D eigenvalue weighted by Gasteiger charge is 2.28. The molecule has 5 heteroatoms. The Labute approximate surface area is 155 Å². The minimum atomic E-state index is -0.751. The summed E-state index contributed by atoms with van der Waals surface area (Å²) in [5, 5.41) is 18.8. The van der Waals surface area contributed by atoms with Crippen LogP contribution in [0.15, 0.2) is 42.5 Å². The molecular weight excluding hydrogens is 330 g/mol. The Balaban J connectivity index is 1.74. The molecule has 0 radical (unpaired) electrons. The molecule has 0 aliphatic carbocycles. The number of carboxylic acid groups (broad SMARTS) is 1. The second-order valence-corrected chi connectivity index (χ2v) is 6.89. The van der Waals surface area contributed by atoms with Gasteiger partial charge < -0.3 is 15.1 Å². The Bertz CT molecular complexity index is 599. The minimum absolute atomic E-state index is 0.0620. The van der Waals surface area contributed by atoms with E-state index in [9.17, 15) is 14.7 Å². The molecule has 1 aromatic rings. The highest BCUT2D eigenvalue weighted by molar-refractivity contribution is 5.79. The third-order valence-corrected chi connectivity index (χ3v) is 4.76. The number of nitrogens with zero attached hydrogens (tertiary/aromatic N) is 1. The van der Waals surface area contributed by atoms with Crippen LogP contribution in [0, 0.1) is 0 Å².